The number of aryl methyl sites for hydroxylation is 1. The van der Waals surface area contributed by atoms with Crippen molar-refractivity contribution in [2.45, 2.75) is 32.7 Å². The van der Waals surface area contributed by atoms with E-state index >= 15 is 0 Å². The molecule has 2 atom stereocenters. The van der Waals surface area contributed by atoms with Gasteiger partial charge in [-0.05, 0) is 50.5 Å². The molecule has 2 amide bonds. The normalized spacial score (nSPS) is 20.0. The third-order valence-electron chi connectivity index (χ3n) is 4.59. The third kappa shape index (κ3) is 3.65. The smallest absolute Gasteiger partial charge is 0.308 e. The minimum absolute atomic E-state index is 0.0132. The fourth-order valence-corrected chi connectivity index (χ4v) is 4.08. The number of likely N-dealkylation sites (tertiary alicyclic amines) is 1. The van der Waals surface area contributed by atoms with Crippen molar-refractivity contribution in [1.82, 2.24) is 4.90 Å². The van der Waals surface area contributed by atoms with Crippen molar-refractivity contribution in [2.75, 3.05) is 11.9 Å². The number of carboxylic acids is 1. The van der Waals surface area contributed by atoms with Crippen LogP contribution in [0.25, 0.3) is 0 Å². The first-order chi connectivity index (χ1) is 12.4. The van der Waals surface area contributed by atoms with Gasteiger partial charge in [0.25, 0.3) is 11.8 Å². The number of nitrogens with one attached hydrogen (secondary N) is 1. The number of amides is 2. The Morgan fingerprint density at radius 1 is 1.35 bits per heavy atom. The van der Waals surface area contributed by atoms with Crippen molar-refractivity contribution in [2.24, 2.45) is 5.92 Å². The summed E-state index contributed by atoms with van der Waals surface area (Å²) in [5.41, 5.74) is 0.749. The van der Waals surface area contributed by atoms with E-state index in [4.69, 9.17) is 4.42 Å². The molecule has 1 saturated heterocycles. The first-order valence-corrected chi connectivity index (χ1v) is 9.17. The third-order valence-corrected chi connectivity index (χ3v) is 5.73. The Morgan fingerprint density at radius 3 is 2.77 bits per heavy atom. The molecule has 2 aromatic heterocycles. The first-order valence-electron chi connectivity index (χ1n) is 8.36. The van der Waals surface area contributed by atoms with Crippen molar-refractivity contribution >= 4 is 34.1 Å². The summed E-state index contributed by atoms with van der Waals surface area (Å²) in [5, 5.41) is 12.5. The number of carbonyl (C=O) groups excluding carboxylic acids is 2. The second kappa shape index (κ2) is 7.33. The molecule has 0 radical (unpaired) electrons. The van der Waals surface area contributed by atoms with Crippen molar-refractivity contribution in [3.05, 3.63) is 40.7 Å². The predicted octanol–water partition coefficient (Wildman–Crippen LogP) is 3.23. The van der Waals surface area contributed by atoms with Crippen LogP contribution in [0.3, 0.4) is 0 Å². The van der Waals surface area contributed by atoms with E-state index in [2.05, 4.69) is 5.32 Å². The number of hydrogen-bond donors (Lipinski definition) is 2. The van der Waals surface area contributed by atoms with Crippen LogP contribution in [-0.4, -0.2) is 40.4 Å². The van der Waals surface area contributed by atoms with E-state index in [-0.39, 0.29) is 30.2 Å². The minimum Gasteiger partial charge on any atom is -0.481 e. The van der Waals surface area contributed by atoms with Gasteiger partial charge in [-0.25, -0.2) is 0 Å². The molecule has 1 aliphatic rings. The van der Waals surface area contributed by atoms with E-state index in [0.29, 0.717) is 22.7 Å². The topological polar surface area (TPSA) is 99.9 Å². The molecular formula is C18H20N2O5S. The molecule has 2 unspecified atom stereocenters. The summed E-state index contributed by atoms with van der Waals surface area (Å²) in [6.45, 7) is 3.94. The van der Waals surface area contributed by atoms with Crippen molar-refractivity contribution in [3.63, 3.8) is 0 Å². The van der Waals surface area contributed by atoms with Crippen LogP contribution >= 0.6 is 11.3 Å². The van der Waals surface area contributed by atoms with Gasteiger partial charge >= 0.3 is 5.97 Å². The van der Waals surface area contributed by atoms with Crippen LogP contribution in [-0.2, 0) is 4.79 Å². The summed E-state index contributed by atoms with van der Waals surface area (Å²) >= 11 is 1.19. The molecule has 26 heavy (non-hydrogen) atoms. The number of hydrogen-bond acceptors (Lipinski definition) is 5. The molecule has 0 saturated carbocycles. The predicted molar refractivity (Wildman–Crippen MR) is 96.6 cm³/mol. The second-order valence-electron chi connectivity index (χ2n) is 6.47. The number of aliphatic carboxylic acids is 1. The number of carbonyl (C=O) groups is 3. The zero-order valence-corrected chi connectivity index (χ0v) is 15.3. The van der Waals surface area contributed by atoms with Gasteiger partial charge in [0, 0.05) is 12.6 Å². The van der Waals surface area contributed by atoms with Gasteiger partial charge < -0.3 is 19.7 Å². The summed E-state index contributed by atoms with van der Waals surface area (Å²) in [6.07, 6.45) is 2.66. The van der Waals surface area contributed by atoms with Crippen LogP contribution in [0.1, 0.15) is 45.6 Å². The maximum absolute atomic E-state index is 12.9. The summed E-state index contributed by atoms with van der Waals surface area (Å²) in [4.78, 5) is 38.4. The Labute approximate surface area is 154 Å². The van der Waals surface area contributed by atoms with E-state index in [0.717, 1.165) is 5.56 Å². The van der Waals surface area contributed by atoms with E-state index in [1.807, 2.05) is 6.92 Å². The lowest BCUT2D eigenvalue weighted by atomic mass is 9.93. The van der Waals surface area contributed by atoms with Gasteiger partial charge in [0.2, 0.25) is 0 Å². The molecule has 2 aromatic rings. The van der Waals surface area contributed by atoms with Crippen LogP contribution in [0.15, 0.2) is 28.9 Å². The molecule has 7 nitrogen and oxygen atoms in total. The number of piperidine rings is 1. The van der Waals surface area contributed by atoms with Gasteiger partial charge in [-0.1, -0.05) is 0 Å². The van der Waals surface area contributed by atoms with Crippen LogP contribution in [0, 0.1) is 12.8 Å². The average Bonchev–Trinajstić information content (AvgIpc) is 3.24. The highest BCUT2D eigenvalue weighted by atomic mass is 32.1. The van der Waals surface area contributed by atoms with Gasteiger partial charge in [0.05, 0.1) is 22.1 Å². The first kappa shape index (κ1) is 18.2. The molecule has 0 bridgehead atoms. The number of carboxylic acid groups (broad SMARTS) is 1. The van der Waals surface area contributed by atoms with Gasteiger partial charge in [-0.3, -0.25) is 14.4 Å². The number of thiophene rings is 1. The Morgan fingerprint density at radius 2 is 2.12 bits per heavy atom. The van der Waals surface area contributed by atoms with Gasteiger partial charge in [-0.2, -0.15) is 0 Å². The fourth-order valence-electron chi connectivity index (χ4n) is 3.06. The standard InChI is InChI=1S/C18H20N2O5S/c1-10-8-14(19-16(21)13-4-3-7-25-13)26-15(10)17(22)20-9-12(18(23)24)6-5-11(20)2/h3-4,7-8,11-12H,5-6,9H2,1-2H3,(H,19,21)(H,23,24). The molecule has 138 valence electrons. The largest absolute Gasteiger partial charge is 0.481 e. The zero-order valence-electron chi connectivity index (χ0n) is 14.5. The Bertz CT molecular complexity index is 827. The van der Waals surface area contributed by atoms with Crippen molar-refractivity contribution < 1.29 is 23.9 Å². The molecule has 0 spiro atoms. The molecule has 0 aliphatic carbocycles. The molecule has 8 heteroatoms. The summed E-state index contributed by atoms with van der Waals surface area (Å²) < 4.78 is 5.06. The highest BCUT2D eigenvalue weighted by Gasteiger charge is 2.34. The van der Waals surface area contributed by atoms with Crippen LogP contribution in [0.4, 0.5) is 5.00 Å². The van der Waals surface area contributed by atoms with E-state index in [1.165, 1.54) is 17.6 Å². The lowest BCUT2D eigenvalue weighted by Gasteiger charge is -2.36. The molecule has 0 aromatic carbocycles. The van der Waals surface area contributed by atoms with Crippen molar-refractivity contribution in [1.29, 1.82) is 0 Å². The highest BCUT2D eigenvalue weighted by molar-refractivity contribution is 7.18. The number of nitrogens with zero attached hydrogens (tertiary/aromatic N) is 1. The Hall–Kier alpha value is -2.61. The molecule has 1 fully saturated rings. The Balaban J connectivity index is 1.76. The van der Waals surface area contributed by atoms with Gasteiger partial charge in [0.15, 0.2) is 5.76 Å². The highest BCUT2D eigenvalue weighted by Crippen LogP contribution is 2.31. The lowest BCUT2D eigenvalue weighted by molar-refractivity contribution is -0.143. The fraction of sp³-hybridized carbons (Fsp3) is 0.389. The average molecular weight is 376 g/mol. The summed E-state index contributed by atoms with van der Waals surface area (Å²) in [6, 6.07) is 4.91. The summed E-state index contributed by atoms with van der Waals surface area (Å²) in [7, 11) is 0. The SMILES string of the molecule is Cc1cc(NC(=O)c2ccco2)sc1C(=O)N1CC(C(=O)O)CCC1C. The second-order valence-corrected chi connectivity index (χ2v) is 7.53. The van der Waals surface area contributed by atoms with Crippen LogP contribution in [0.2, 0.25) is 0 Å². The zero-order chi connectivity index (χ0) is 18.8. The van der Waals surface area contributed by atoms with Gasteiger partial charge in [0.1, 0.15) is 0 Å². The lowest BCUT2D eigenvalue weighted by Crippen LogP contribution is -2.47. The van der Waals surface area contributed by atoms with Crippen LogP contribution in [0.5, 0.6) is 0 Å². The maximum Gasteiger partial charge on any atom is 0.308 e. The number of anilines is 1. The number of rotatable bonds is 4. The van der Waals surface area contributed by atoms with E-state index in [9.17, 15) is 19.5 Å². The molecule has 3 rings (SSSR count). The van der Waals surface area contributed by atoms with E-state index < -0.39 is 11.9 Å². The monoisotopic (exact) mass is 376 g/mol. The minimum atomic E-state index is -0.871. The van der Waals surface area contributed by atoms with Gasteiger partial charge in [-0.15, -0.1) is 11.3 Å². The van der Waals surface area contributed by atoms with Crippen LogP contribution < -0.4 is 5.32 Å². The molecule has 1 aliphatic heterocycles. The Kier molecular flexibility index (Phi) is 5.13. The quantitative estimate of drug-likeness (QED) is 0.853. The van der Waals surface area contributed by atoms with E-state index in [1.54, 1.807) is 30.0 Å². The maximum atomic E-state index is 12.9. The summed E-state index contributed by atoms with van der Waals surface area (Å²) in [5.74, 6) is -1.78. The van der Waals surface area contributed by atoms with Crippen molar-refractivity contribution in [3.8, 4) is 0 Å². The molecule has 3 heterocycles. The molecular weight excluding hydrogens is 356 g/mol. The number of furan rings is 1. The molecule has 2 N–H and O–H groups in total.